The summed E-state index contributed by atoms with van der Waals surface area (Å²) in [7, 11) is 0. The zero-order chi connectivity index (χ0) is 12.8. The first-order chi connectivity index (χ1) is 8.57. The summed E-state index contributed by atoms with van der Waals surface area (Å²) < 4.78 is 8.20. The predicted molar refractivity (Wildman–Crippen MR) is 70.6 cm³/mol. The number of ether oxygens (including phenoxy) is 1. The molecule has 0 aromatic carbocycles. The zero-order valence-corrected chi connectivity index (χ0v) is 11.4. The number of nitrogens with zero attached hydrogens (tertiary/aromatic N) is 1. The van der Waals surface area contributed by atoms with E-state index in [1.807, 2.05) is 0 Å². The number of fused-ring (bicyclic) bond motifs is 1. The predicted octanol–water partition coefficient (Wildman–Crippen LogP) is 2.99. The van der Waals surface area contributed by atoms with Crippen LogP contribution in [0.1, 0.15) is 62.9 Å². The van der Waals surface area contributed by atoms with E-state index in [1.165, 1.54) is 5.69 Å². The van der Waals surface area contributed by atoms with E-state index >= 15 is 0 Å². The maximum atomic E-state index is 10.0. The van der Waals surface area contributed by atoms with Crippen LogP contribution >= 0.6 is 0 Å². The summed E-state index contributed by atoms with van der Waals surface area (Å²) in [6, 6.07) is 2.64. The summed E-state index contributed by atoms with van der Waals surface area (Å²) >= 11 is 0. The number of rotatable bonds is 1. The van der Waals surface area contributed by atoms with Crippen molar-refractivity contribution in [2.75, 3.05) is 6.61 Å². The van der Waals surface area contributed by atoms with Crippen LogP contribution in [0.25, 0.3) is 0 Å². The Hall–Kier alpha value is -0.800. The molecule has 2 heterocycles. The molecule has 1 aliphatic carbocycles. The second kappa shape index (κ2) is 4.39. The molecule has 1 saturated heterocycles. The molecule has 0 radical (unpaired) electrons. The Morgan fingerprint density at radius 1 is 1.39 bits per heavy atom. The molecule has 0 bridgehead atoms. The third kappa shape index (κ3) is 2.10. The summed E-state index contributed by atoms with van der Waals surface area (Å²) in [5, 5.41) is 10.0. The maximum Gasteiger partial charge on any atom is 0.0807 e. The van der Waals surface area contributed by atoms with Crippen molar-refractivity contribution in [1.82, 2.24) is 4.57 Å². The molecule has 3 heteroatoms. The molecular weight excluding hydrogens is 226 g/mol. The van der Waals surface area contributed by atoms with Gasteiger partial charge in [0.25, 0.3) is 0 Å². The van der Waals surface area contributed by atoms with Gasteiger partial charge in [-0.1, -0.05) is 0 Å². The first-order valence-electron chi connectivity index (χ1n) is 7.08. The highest BCUT2D eigenvalue weighted by molar-refractivity contribution is 5.28. The van der Waals surface area contributed by atoms with Gasteiger partial charge in [-0.25, -0.2) is 0 Å². The number of aliphatic hydroxyl groups excluding tert-OH is 1. The number of aliphatic hydroxyl groups is 1. The van der Waals surface area contributed by atoms with Crippen LogP contribution in [0.15, 0.2) is 12.3 Å². The Morgan fingerprint density at radius 3 is 3.00 bits per heavy atom. The number of aromatic nitrogens is 1. The van der Waals surface area contributed by atoms with Crippen molar-refractivity contribution in [3.8, 4) is 0 Å². The fraction of sp³-hybridized carbons (Fsp3) is 0.733. The molecule has 3 nitrogen and oxygen atoms in total. The largest absolute Gasteiger partial charge is 0.388 e. The standard InChI is InChI=1S/C15H23NO2/c1-15(2)10-11(7-9-18-15)16-8-6-12-13(16)4-3-5-14(12)17/h6,8,11,14,17H,3-5,7,9-10H2,1-2H3. The van der Waals surface area contributed by atoms with Crippen LogP contribution in [0.5, 0.6) is 0 Å². The SMILES string of the molecule is CC1(C)CC(n2ccc3c2CCCC3O)CCO1. The zero-order valence-electron chi connectivity index (χ0n) is 11.4. The molecule has 100 valence electrons. The quantitative estimate of drug-likeness (QED) is 0.830. The van der Waals surface area contributed by atoms with E-state index in [0.29, 0.717) is 6.04 Å². The van der Waals surface area contributed by atoms with Crippen molar-refractivity contribution < 1.29 is 9.84 Å². The van der Waals surface area contributed by atoms with Crippen LogP contribution in [0, 0.1) is 0 Å². The van der Waals surface area contributed by atoms with Crippen molar-refractivity contribution in [2.24, 2.45) is 0 Å². The molecule has 2 aliphatic rings. The smallest absolute Gasteiger partial charge is 0.0807 e. The monoisotopic (exact) mass is 249 g/mol. The minimum absolute atomic E-state index is 0.0205. The van der Waals surface area contributed by atoms with Crippen molar-refractivity contribution in [1.29, 1.82) is 0 Å². The molecule has 2 atom stereocenters. The molecule has 1 aliphatic heterocycles. The first kappa shape index (κ1) is 12.2. The third-order valence-corrected chi connectivity index (χ3v) is 4.37. The van der Waals surface area contributed by atoms with E-state index in [9.17, 15) is 5.11 Å². The highest BCUT2D eigenvalue weighted by Crippen LogP contribution is 2.37. The lowest BCUT2D eigenvalue weighted by molar-refractivity contribution is -0.0694. The van der Waals surface area contributed by atoms with Crippen molar-refractivity contribution in [3.05, 3.63) is 23.5 Å². The second-order valence-electron chi connectivity index (χ2n) is 6.29. The Kier molecular flexibility index (Phi) is 2.99. The fourth-order valence-electron chi connectivity index (χ4n) is 3.47. The van der Waals surface area contributed by atoms with Crippen molar-refractivity contribution >= 4 is 0 Å². The average Bonchev–Trinajstić information content (AvgIpc) is 2.73. The van der Waals surface area contributed by atoms with E-state index < -0.39 is 0 Å². The van der Waals surface area contributed by atoms with E-state index in [0.717, 1.165) is 44.3 Å². The minimum atomic E-state index is -0.247. The van der Waals surface area contributed by atoms with Crippen molar-refractivity contribution in [2.45, 2.75) is 63.7 Å². The van der Waals surface area contributed by atoms with Gasteiger partial charge in [0.1, 0.15) is 0 Å². The highest BCUT2D eigenvalue weighted by atomic mass is 16.5. The minimum Gasteiger partial charge on any atom is -0.388 e. The number of hydrogen-bond acceptors (Lipinski definition) is 2. The molecule has 1 aromatic heterocycles. The van der Waals surface area contributed by atoms with Crippen molar-refractivity contribution in [3.63, 3.8) is 0 Å². The lowest BCUT2D eigenvalue weighted by Gasteiger charge is -2.37. The molecule has 0 spiro atoms. The maximum absolute atomic E-state index is 10.0. The van der Waals surface area contributed by atoms with Gasteiger partial charge in [0.15, 0.2) is 0 Å². The van der Waals surface area contributed by atoms with Gasteiger partial charge in [-0.3, -0.25) is 0 Å². The summed E-state index contributed by atoms with van der Waals surface area (Å²) in [5.74, 6) is 0. The molecule has 18 heavy (non-hydrogen) atoms. The Bertz CT molecular complexity index is 436. The van der Waals surface area contributed by atoms with E-state index in [-0.39, 0.29) is 11.7 Å². The molecule has 1 N–H and O–H groups in total. The highest BCUT2D eigenvalue weighted by Gasteiger charge is 2.32. The second-order valence-corrected chi connectivity index (χ2v) is 6.29. The summed E-state index contributed by atoms with van der Waals surface area (Å²) in [6.45, 7) is 5.18. The lowest BCUT2D eigenvalue weighted by atomic mass is 9.92. The topological polar surface area (TPSA) is 34.4 Å². The molecule has 1 aromatic rings. The van der Waals surface area contributed by atoms with Gasteiger partial charge in [-0.2, -0.15) is 0 Å². The van der Waals surface area contributed by atoms with Crippen LogP contribution in [0.4, 0.5) is 0 Å². The normalized spacial score (nSPS) is 31.1. The van der Waals surface area contributed by atoms with Crippen LogP contribution in [-0.4, -0.2) is 21.9 Å². The molecule has 0 amide bonds. The summed E-state index contributed by atoms with van der Waals surface area (Å²) in [4.78, 5) is 0. The Labute approximate surface area is 109 Å². The Balaban J connectivity index is 1.88. The average molecular weight is 249 g/mol. The molecule has 2 unspecified atom stereocenters. The molecule has 3 rings (SSSR count). The fourth-order valence-corrected chi connectivity index (χ4v) is 3.47. The van der Waals surface area contributed by atoms with E-state index in [1.54, 1.807) is 0 Å². The van der Waals surface area contributed by atoms with E-state index in [2.05, 4.69) is 30.7 Å². The van der Waals surface area contributed by atoms with Crippen LogP contribution < -0.4 is 0 Å². The van der Waals surface area contributed by atoms with Gasteiger partial charge in [0, 0.05) is 30.1 Å². The van der Waals surface area contributed by atoms with E-state index in [4.69, 9.17) is 4.74 Å². The lowest BCUT2D eigenvalue weighted by Crippen LogP contribution is -2.35. The third-order valence-electron chi connectivity index (χ3n) is 4.37. The number of hydrogen-bond donors (Lipinski definition) is 1. The molecular formula is C15H23NO2. The van der Waals surface area contributed by atoms with Crippen LogP contribution in [-0.2, 0) is 11.2 Å². The molecule has 0 saturated carbocycles. The van der Waals surface area contributed by atoms with Crippen LogP contribution in [0.3, 0.4) is 0 Å². The Morgan fingerprint density at radius 2 is 2.22 bits per heavy atom. The van der Waals surface area contributed by atoms with Gasteiger partial charge < -0.3 is 14.4 Å². The summed E-state index contributed by atoms with van der Waals surface area (Å²) in [6.07, 6.45) is 7.19. The summed E-state index contributed by atoms with van der Waals surface area (Å²) in [5.41, 5.74) is 2.50. The first-order valence-corrected chi connectivity index (χ1v) is 7.08. The van der Waals surface area contributed by atoms with Gasteiger partial charge in [0.2, 0.25) is 0 Å². The molecule has 1 fully saturated rings. The van der Waals surface area contributed by atoms with Gasteiger partial charge in [0.05, 0.1) is 11.7 Å². The van der Waals surface area contributed by atoms with Gasteiger partial charge in [-0.05, 0) is 52.0 Å². The van der Waals surface area contributed by atoms with Gasteiger partial charge in [-0.15, -0.1) is 0 Å². The van der Waals surface area contributed by atoms with Gasteiger partial charge >= 0.3 is 0 Å². The van der Waals surface area contributed by atoms with Crippen LogP contribution in [0.2, 0.25) is 0 Å².